The molecule has 0 radical (unpaired) electrons. The van der Waals surface area contributed by atoms with Crippen molar-refractivity contribution in [3.63, 3.8) is 0 Å². The smallest absolute Gasteiger partial charge is 0.259 e. The van der Waals surface area contributed by atoms with E-state index in [0.717, 1.165) is 0 Å². The maximum atomic E-state index is 13.4. The predicted octanol–water partition coefficient (Wildman–Crippen LogP) is 3.10. The van der Waals surface area contributed by atoms with Gasteiger partial charge in [0.25, 0.3) is 5.91 Å². The van der Waals surface area contributed by atoms with Crippen LogP contribution < -0.4 is 10.1 Å². The highest BCUT2D eigenvalue weighted by atomic mass is 19.1. The largest absolute Gasteiger partial charge is 0.507 e. The molecule has 0 atom stereocenters. The van der Waals surface area contributed by atoms with Crippen molar-refractivity contribution in [2.24, 2.45) is 0 Å². The summed E-state index contributed by atoms with van der Waals surface area (Å²) in [4.78, 5) is 12.1. The molecule has 0 aliphatic carbocycles. The lowest BCUT2D eigenvalue weighted by molar-refractivity contribution is 0.102. The highest BCUT2D eigenvalue weighted by molar-refractivity contribution is 6.06. The number of rotatable bonds is 3. The van der Waals surface area contributed by atoms with E-state index in [0.29, 0.717) is 17.0 Å². The third-order valence-corrected chi connectivity index (χ3v) is 2.96. The molecule has 104 valence electrons. The fraction of sp³-hybridized carbons (Fsp3) is 0.133. The molecule has 2 N–H and O–H groups in total. The van der Waals surface area contributed by atoms with Gasteiger partial charge < -0.3 is 15.2 Å². The molecule has 0 heterocycles. The molecule has 1 amide bonds. The molecule has 20 heavy (non-hydrogen) atoms. The first-order chi connectivity index (χ1) is 9.52. The third kappa shape index (κ3) is 2.71. The van der Waals surface area contributed by atoms with Gasteiger partial charge in [-0.2, -0.15) is 0 Å². The van der Waals surface area contributed by atoms with Crippen LogP contribution >= 0.6 is 0 Å². The summed E-state index contributed by atoms with van der Waals surface area (Å²) in [6, 6.07) is 8.73. The minimum Gasteiger partial charge on any atom is -0.507 e. The van der Waals surface area contributed by atoms with Crippen LogP contribution in [0.25, 0.3) is 0 Å². The van der Waals surface area contributed by atoms with Crippen LogP contribution in [0, 0.1) is 12.7 Å². The predicted molar refractivity (Wildman–Crippen MR) is 73.7 cm³/mol. The van der Waals surface area contributed by atoms with Gasteiger partial charge in [-0.3, -0.25) is 4.79 Å². The molecule has 0 saturated carbocycles. The second-order valence-corrected chi connectivity index (χ2v) is 4.25. The molecule has 2 aromatic carbocycles. The van der Waals surface area contributed by atoms with E-state index in [4.69, 9.17) is 4.74 Å². The number of phenols is 1. The number of nitrogens with one attached hydrogen (secondary N) is 1. The minimum absolute atomic E-state index is 0.0630. The Hall–Kier alpha value is -2.56. The quantitative estimate of drug-likeness (QED) is 0.905. The van der Waals surface area contributed by atoms with Gasteiger partial charge in [-0.15, -0.1) is 0 Å². The van der Waals surface area contributed by atoms with Gasteiger partial charge in [0.05, 0.1) is 12.7 Å². The zero-order chi connectivity index (χ0) is 14.7. The van der Waals surface area contributed by atoms with Gasteiger partial charge in [-0.05, 0) is 37.3 Å². The van der Waals surface area contributed by atoms with E-state index < -0.39 is 11.7 Å². The van der Waals surface area contributed by atoms with E-state index in [9.17, 15) is 14.3 Å². The Balaban J connectivity index is 2.30. The van der Waals surface area contributed by atoms with Gasteiger partial charge in [-0.1, -0.05) is 6.07 Å². The molecule has 0 spiro atoms. The number of anilines is 1. The lowest BCUT2D eigenvalue weighted by Gasteiger charge is -2.10. The molecule has 2 aromatic rings. The van der Waals surface area contributed by atoms with Crippen LogP contribution in [0.1, 0.15) is 15.9 Å². The Bertz CT molecular complexity index is 656. The molecule has 4 nitrogen and oxygen atoms in total. The first-order valence-corrected chi connectivity index (χ1v) is 5.96. The summed E-state index contributed by atoms with van der Waals surface area (Å²) in [5.41, 5.74) is 0.758. The Labute approximate surface area is 115 Å². The van der Waals surface area contributed by atoms with Crippen LogP contribution in [0.3, 0.4) is 0 Å². The normalized spacial score (nSPS) is 10.2. The third-order valence-electron chi connectivity index (χ3n) is 2.96. The summed E-state index contributed by atoms with van der Waals surface area (Å²) >= 11 is 0. The van der Waals surface area contributed by atoms with Crippen molar-refractivity contribution < 1.29 is 19.0 Å². The fourth-order valence-electron chi connectivity index (χ4n) is 1.76. The number of phenolic OH excluding ortho intramolecular Hbond substituents is 1. The van der Waals surface area contributed by atoms with E-state index in [-0.39, 0.29) is 11.3 Å². The summed E-state index contributed by atoms with van der Waals surface area (Å²) in [7, 11) is 1.46. The second kappa shape index (κ2) is 5.61. The average molecular weight is 275 g/mol. The van der Waals surface area contributed by atoms with Crippen LogP contribution in [0.5, 0.6) is 11.5 Å². The number of amides is 1. The van der Waals surface area contributed by atoms with Crippen molar-refractivity contribution in [1.29, 1.82) is 0 Å². The summed E-state index contributed by atoms with van der Waals surface area (Å²) in [5.74, 6) is -0.658. The molecule has 5 heteroatoms. The number of halogens is 1. The van der Waals surface area contributed by atoms with Gasteiger partial charge in [0.1, 0.15) is 17.3 Å². The summed E-state index contributed by atoms with van der Waals surface area (Å²) in [6.45, 7) is 1.57. The summed E-state index contributed by atoms with van der Waals surface area (Å²) < 4.78 is 18.4. The van der Waals surface area contributed by atoms with Crippen molar-refractivity contribution in [2.45, 2.75) is 6.92 Å². The number of ether oxygens (including phenoxy) is 1. The Morgan fingerprint density at radius 1 is 1.30 bits per heavy atom. The number of benzene rings is 2. The number of aromatic hydroxyl groups is 1. The monoisotopic (exact) mass is 275 g/mol. The van der Waals surface area contributed by atoms with E-state index in [2.05, 4.69) is 5.32 Å². The van der Waals surface area contributed by atoms with Gasteiger partial charge in [-0.25, -0.2) is 4.39 Å². The lowest BCUT2D eigenvalue weighted by atomic mass is 10.1. The lowest BCUT2D eigenvalue weighted by Crippen LogP contribution is -2.13. The van der Waals surface area contributed by atoms with Gasteiger partial charge in [0.15, 0.2) is 0 Å². The molecular formula is C15H14FNO3. The highest BCUT2D eigenvalue weighted by Gasteiger charge is 2.14. The number of hydrogen-bond donors (Lipinski definition) is 2. The zero-order valence-electron chi connectivity index (χ0n) is 11.1. The van der Waals surface area contributed by atoms with E-state index >= 15 is 0 Å². The Morgan fingerprint density at radius 2 is 2.05 bits per heavy atom. The molecule has 0 aliphatic heterocycles. The topological polar surface area (TPSA) is 58.6 Å². The van der Waals surface area contributed by atoms with Crippen molar-refractivity contribution >= 4 is 11.6 Å². The van der Waals surface area contributed by atoms with E-state index in [1.165, 1.54) is 31.4 Å². The molecule has 0 saturated heterocycles. The van der Waals surface area contributed by atoms with Gasteiger partial charge in [0, 0.05) is 11.3 Å². The molecule has 0 aliphatic rings. The number of hydrogen-bond acceptors (Lipinski definition) is 3. The van der Waals surface area contributed by atoms with Crippen LogP contribution in [0.4, 0.5) is 10.1 Å². The first-order valence-electron chi connectivity index (χ1n) is 5.96. The number of methoxy groups -OCH3 is 1. The molecular weight excluding hydrogens is 261 g/mol. The molecule has 0 aromatic heterocycles. The maximum Gasteiger partial charge on any atom is 0.259 e. The molecule has 0 fully saturated rings. The van der Waals surface area contributed by atoms with Crippen molar-refractivity contribution in [1.82, 2.24) is 0 Å². The van der Waals surface area contributed by atoms with E-state index in [1.54, 1.807) is 19.1 Å². The number of carbonyl (C=O) groups is 1. The van der Waals surface area contributed by atoms with Crippen LogP contribution in [-0.2, 0) is 0 Å². The molecule has 0 unspecified atom stereocenters. The maximum absolute atomic E-state index is 13.4. The molecule has 0 bridgehead atoms. The fourth-order valence-corrected chi connectivity index (χ4v) is 1.76. The first kappa shape index (κ1) is 13.9. The van der Waals surface area contributed by atoms with Crippen molar-refractivity contribution in [2.75, 3.05) is 12.4 Å². The van der Waals surface area contributed by atoms with Gasteiger partial charge in [0.2, 0.25) is 0 Å². The van der Waals surface area contributed by atoms with Crippen molar-refractivity contribution in [3.8, 4) is 11.5 Å². The summed E-state index contributed by atoms with van der Waals surface area (Å²) in [6.07, 6.45) is 0. The Kier molecular flexibility index (Phi) is 3.89. The standard InChI is InChI=1S/C15H14FNO3/c1-9-12(16)4-3-5-13(9)17-15(19)11-8-10(20-2)6-7-14(11)18/h3-8,18H,1-2H3,(H,17,19). The summed E-state index contributed by atoms with van der Waals surface area (Å²) in [5, 5.41) is 12.3. The van der Waals surface area contributed by atoms with Crippen molar-refractivity contribution in [3.05, 3.63) is 53.3 Å². The van der Waals surface area contributed by atoms with E-state index in [1.807, 2.05) is 0 Å². The zero-order valence-corrected chi connectivity index (χ0v) is 11.1. The number of carbonyl (C=O) groups excluding carboxylic acids is 1. The van der Waals surface area contributed by atoms with Crippen LogP contribution in [-0.4, -0.2) is 18.1 Å². The average Bonchev–Trinajstić information content (AvgIpc) is 2.44. The second-order valence-electron chi connectivity index (χ2n) is 4.25. The SMILES string of the molecule is COc1ccc(O)c(C(=O)Nc2cccc(F)c2C)c1. The van der Waals surface area contributed by atoms with Crippen LogP contribution in [0.2, 0.25) is 0 Å². The Morgan fingerprint density at radius 3 is 2.75 bits per heavy atom. The van der Waals surface area contributed by atoms with Gasteiger partial charge >= 0.3 is 0 Å². The minimum atomic E-state index is -0.532. The molecule has 2 rings (SSSR count). The van der Waals surface area contributed by atoms with Crippen LogP contribution in [0.15, 0.2) is 36.4 Å². The highest BCUT2D eigenvalue weighted by Crippen LogP contribution is 2.25.